The number of carboxylic acids is 1. The maximum atomic E-state index is 11.5. The molecule has 0 aliphatic rings. The van der Waals surface area contributed by atoms with Crippen molar-refractivity contribution in [1.82, 2.24) is 9.13 Å². The lowest BCUT2D eigenvalue weighted by Gasteiger charge is -2.17. The largest absolute Gasteiger partial charge is 0.479 e. The number of imidazole rings is 1. The van der Waals surface area contributed by atoms with E-state index >= 15 is 0 Å². The topological polar surface area (TPSA) is 84.5 Å². The second-order valence-electron chi connectivity index (χ2n) is 3.57. The van der Waals surface area contributed by atoms with Gasteiger partial charge in [-0.1, -0.05) is 0 Å². The first kappa shape index (κ1) is 11.5. The van der Waals surface area contributed by atoms with Crippen molar-refractivity contribution in [3.05, 3.63) is 22.9 Å². The number of aliphatic hydroxyl groups is 1. The summed E-state index contributed by atoms with van der Waals surface area (Å²) in [5.41, 5.74) is -2.25. The Labute approximate surface area is 86.4 Å². The number of rotatable bonds is 4. The number of aryl methyl sites for hydroxylation is 1. The summed E-state index contributed by atoms with van der Waals surface area (Å²) < 4.78 is 2.61. The molecular formula is C9H14N2O4. The number of nitrogens with zero attached hydrogens (tertiary/aromatic N) is 2. The maximum absolute atomic E-state index is 11.5. The van der Waals surface area contributed by atoms with Crippen molar-refractivity contribution in [1.29, 1.82) is 0 Å². The molecule has 84 valence electrons. The van der Waals surface area contributed by atoms with Crippen LogP contribution < -0.4 is 5.69 Å². The van der Waals surface area contributed by atoms with E-state index in [0.717, 1.165) is 6.92 Å². The molecule has 0 bridgehead atoms. The van der Waals surface area contributed by atoms with E-state index in [-0.39, 0.29) is 12.2 Å². The first-order chi connectivity index (χ1) is 6.88. The van der Waals surface area contributed by atoms with Crippen molar-refractivity contribution in [3.63, 3.8) is 0 Å². The van der Waals surface area contributed by atoms with Gasteiger partial charge in [-0.15, -0.1) is 0 Å². The number of aliphatic carboxylic acids is 1. The Kier molecular flexibility index (Phi) is 2.99. The van der Waals surface area contributed by atoms with E-state index in [9.17, 15) is 14.7 Å². The lowest BCUT2D eigenvalue weighted by molar-refractivity contribution is -0.157. The quantitative estimate of drug-likeness (QED) is 0.708. The second-order valence-corrected chi connectivity index (χ2v) is 3.57. The van der Waals surface area contributed by atoms with E-state index in [4.69, 9.17) is 5.11 Å². The molecule has 1 atom stereocenters. The Morgan fingerprint density at radius 1 is 1.47 bits per heavy atom. The van der Waals surface area contributed by atoms with Gasteiger partial charge in [-0.25, -0.2) is 9.59 Å². The van der Waals surface area contributed by atoms with Gasteiger partial charge in [-0.3, -0.25) is 9.13 Å². The molecule has 1 rings (SSSR count). The van der Waals surface area contributed by atoms with Crippen LogP contribution in [0.3, 0.4) is 0 Å². The third-order valence-corrected chi connectivity index (χ3v) is 2.20. The summed E-state index contributed by atoms with van der Waals surface area (Å²) in [5.74, 6) is -1.35. The van der Waals surface area contributed by atoms with Crippen molar-refractivity contribution in [2.24, 2.45) is 0 Å². The third-order valence-electron chi connectivity index (χ3n) is 2.20. The molecule has 6 heteroatoms. The van der Waals surface area contributed by atoms with Gasteiger partial charge in [0.15, 0.2) is 5.60 Å². The number of carboxylic acid groups (broad SMARTS) is 1. The minimum Gasteiger partial charge on any atom is -0.479 e. The predicted octanol–water partition coefficient (Wildman–Crippen LogP) is -0.495. The number of hydrogen-bond donors (Lipinski definition) is 2. The van der Waals surface area contributed by atoms with Crippen molar-refractivity contribution in [2.45, 2.75) is 32.5 Å². The molecule has 0 aromatic carbocycles. The van der Waals surface area contributed by atoms with E-state index in [1.165, 1.54) is 15.3 Å². The monoisotopic (exact) mass is 214 g/mol. The van der Waals surface area contributed by atoms with Gasteiger partial charge in [0, 0.05) is 18.9 Å². The molecule has 0 saturated carbocycles. The molecule has 1 aromatic rings. The lowest BCUT2D eigenvalue weighted by Crippen LogP contribution is -2.42. The SMILES string of the molecule is CCn1ccn(CC(C)(O)C(=O)O)c1=O. The third kappa shape index (κ3) is 2.27. The average Bonchev–Trinajstić information content (AvgIpc) is 2.47. The van der Waals surface area contributed by atoms with Crippen LogP contribution in [0.5, 0.6) is 0 Å². The minimum atomic E-state index is -1.93. The first-order valence-electron chi connectivity index (χ1n) is 4.60. The van der Waals surface area contributed by atoms with Crippen LogP contribution in [0.2, 0.25) is 0 Å². The van der Waals surface area contributed by atoms with Crippen LogP contribution in [0.1, 0.15) is 13.8 Å². The molecular weight excluding hydrogens is 200 g/mol. The summed E-state index contributed by atoms with van der Waals surface area (Å²) in [4.78, 5) is 22.2. The number of aromatic nitrogens is 2. The van der Waals surface area contributed by atoms with E-state index < -0.39 is 11.6 Å². The normalized spacial score (nSPS) is 14.9. The van der Waals surface area contributed by atoms with Crippen LogP contribution in [-0.4, -0.2) is 30.9 Å². The molecule has 2 N–H and O–H groups in total. The predicted molar refractivity (Wildman–Crippen MR) is 52.6 cm³/mol. The zero-order valence-corrected chi connectivity index (χ0v) is 8.67. The van der Waals surface area contributed by atoms with Crippen molar-refractivity contribution < 1.29 is 15.0 Å². The maximum Gasteiger partial charge on any atom is 0.337 e. The van der Waals surface area contributed by atoms with Crippen LogP contribution in [0.4, 0.5) is 0 Å². The molecule has 0 fully saturated rings. The first-order valence-corrected chi connectivity index (χ1v) is 4.60. The van der Waals surface area contributed by atoms with Gasteiger partial charge >= 0.3 is 11.7 Å². The Morgan fingerprint density at radius 3 is 2.40 bits per heavy atom. The van der Waals surface area contributed by atoms with Gasteiger partial charge in [-0.2, -0.15) is 0 Å². The molecule has 0 aliphatic heterocycles. The number of hydrogen-bond acceptors (Lipinski definition) is 3. The fraction of sp³-hybridized carbons (Fsp3) is 0.556. The van der Waals surface area contributed by atoms with Crippen LogP contribution in [0.25, 0.3) is 0 Å². The van der Waals surface area contributed by atoms with Crippen LogP contribution >= 0.6 is 0 Å². The van der Waals surface area contributed by atoms with Crippen molar-refractivity contribution >= 4 is 5.97 Å². The van der Waals surface area contributed by atoms with Crippen molar-refractivity contribution in [3.8, 4) is 0 Å². The van der Waals surface area contributed by atoms with E-state index in [1.54, 1.807) is 13.1 Å². The number of carbonyl (C=O) groups is 1. The summed E-state index contributed by atoms with van der Waals surface area (Å²) in [6, 6.07) is 0. The second kappa shape index (κ2) is 3.90. The molecule has 1 unspecified atom stereocenters. The molecule has 15 heavy (non-hydrogen) atoms. The molecule has 6 nitrogen and oxygen atoms in total. The van der Waals surface area contributed by atoms with Gasteiger partial charge in [0.1, 0.15) is 0 Å². The zero-order valence-electron chi connectivity index (χ0n) is 8.67. The Morgan fingerprint density at radius 2 is 2.00 bits per heavy atom. The fourth-order valence-corrected chi connectivity index (χ4v) is 1.21. The molecule has 0 radical (unpaired) electrons. The van der Waals surface area contributed by atoms with Gasteiger partial charge in [-0.05, 0) is 13.8 Å². The van der Waals surface area contributed by atoms with Gasteiger partial charge in [0.25, 0.3) is 0 Å². The summed E-state index contributed by atoms with van der Waals surface area (Å²) in [6.07, 6.45) is 3.02. The molecule has 0 aliphatic carbocycles. The highest BCUT2D eigenvalue weighted by molar-refractivity contribution is 5.76. The van der Waals surface area contributed by atoms with Crippen LogP contribution in [0, 0.1) is 0 Å². The molecule has 1 heterocycles. The zero-order chi connectivity index (χ0) is 11.6. The van der Waals surface area contributed by atoms with E-state index in [0.29, 0.717) is 6.54 Å². The lowest BCUT2D eigenvalue weighted by atomic mass is 10.1. The van der Waals surface area contributed by atoms with Crippen molar-refractivity contribution in [2.75, 3.05) is 0 Å². The van der Waals surface area contributed by atoms with Gasteiger partial charge in [0.05, 0.1) is 6.54 Å². The smallest absolute Gasteiger partial charge is 0.337 e. The van der Waals surface area contributed by atoms with E-state index in [2.05, 4.69) is 0 Å². The molecule has 1 aromatic heterocycles. The highest BCUT2D eigenvalue weighted by atomic mass is 16.4. The highest BCUT2D eigenvalue weighted by Gasteiger charge is 2.31. The fourth-order valence-electron chi connectivity index (χ4n) is 1.21. The highest BCUT2D eigenvalue weighted by Crippen LogP contribution is 2.05. The van der Waals surface area contributed by atoms with Gasteiger partial charge in [0.2, 0.25) is 0 Å². The Bertz CT molecular complexity index is 416. The van der Waals surface area contributed by atoms with Crippen LogP contribution in [0.15, 0.2) is 17.2 Å². The van der Waals surface area contributed by atoms with Gasteiger partial charge < -0.3 is 10.2 Å². The summed E-state index contributed by atoms with van der Waals surface area (Å²) in [6.45, 7) is 3.22. The van der Waals surface area contributed by atoms with Crippen LogP contribution in [-0.2, 0) is 17.9 Å². The summed E-state index contributed by atoms with van der Waals surface area (Å²) in [5, 5.41) is 18.2. The molecule has 0 spiro atoms. The Balaban J connectivity index is 2.95. The summed E-state index contributed by atoms with van der Waals surface area (Å²) in [7, 11) is 0. The summed E-state index contributed by atoms with van der Waals surface area (Å²) >= 11 is 0. The Hall–Kier alpha value is -1.56. The minimum absolute atomic E-state index is 0.256. The standard InChI is InChI=1S/C9H14N2O4/c1-3-10-4-5-11(8(10)14)6-9(2,15)7(12)13/h4-5,15H,3,6H2,1-2H3,(H,12,13). The van der Waals surface area contributed by atoms with E-state index in [1.807, 2.05) is 0 Å². The molecule has 0 saturated heterocycles. The molecule has 0 amide bonds. The average molecular weight is 214 g/mol.